The third kappa shape index (κ3) is 8.17. The highest BCUT2D eigenvalue weighted by molar-refractivity contribution is 7.99. The van der Waals surface area contributed by atoms with Gasteiger partial charge in [-0.25, -0.2) is 0 Å². The Hall–Kier alpha value is 0.270. The topological polar surface area (TPSA) is 46.2 Å². The molecule has 0 aliphatic carbocycles. The molecule has 0 heterocycles. The first kappa shape index (κ1) is 11.3. The Bertz CT molecular complexity index is 101. The Morgan fingerprint density at radius 3 is 2.45 bits per heavy atom. The molecule has 0 aromatic rings. The summed E-state index contributed by atoms with van der Waals surface area (Å²) in [7, 11) is 0. The van der Waals surface area contributed by atoms with Gasteiger partial charge in [0.1, 0.15) is 0 Å². The van der Waals surface area contributed by atoms with Gasteiger partial charge in [0.2, 0.25) is 0 Å². The van der Waals surface area contributed by atoms with E-state index in [1.807, 2.05) is 13.8 Å². The minimum absolute atomic E-state index is 0.543. The second-order valence-electron chi connectivity index (χ2n) is 3.67. The highest BCUT2D eigenvalue weighted by Crippen LogP contribution is 2.14. The maximum absolute atomic E-state index is 9.35. The molecule has 0 aromatic heterocycles. The number of thioether (sulfide) groups is 1. The zero-order valence-corrected chi connectivity index (χ0v) is 8.45. The lowest BCUT2D eigenvalue weighted by Crippen LogP contribution is -2.23. The Labute approximate surface area is 73.6 Å². The Morgan fingerprint density at radius 2 is 2.09 bits per heavy atom. The van der Waals surface area contributed by atoms with Crippen molar-refractivity contribution in [1.29, 1.82) is 0 Å². The summed E-state index contributed by atoms with van der Waals surface area (Å²) < 4.78 is 0. The summed E-state index contributed by atoms with van der Waals surface area (Å²) in [5, 5.41) is 9.35. The Balaban J connectivity index is 3.28. The smallest absolute Gasteiger partial charge is 0.0681 e. The van der Waals surface area contributed by atoms with E-state index in [1.54, 1.807) is 11.8 Å². The molecule has 0 aromatic carbocycles. The van der Waals surface area contributed by atoms with Crippen LogP contribution in [0.2, 0.25) is 0 Å². The summed E-state index contributed by atoms with van der Waals surface area (Å²) in [4.78, 5) is 0. The van der Waals surface area contributed by atoms with Crippen molar-refractivity contribution in [1.82, 2.24) is 0 Å². The van der Waals surface area contributed by atoms with Crippen LogP contribution in [0.15, 0.2) is 0 Å². The molecule has 1 unspecified atom stereocenters. The van der Waals surface area contributed by atoms with Gasteiger partial charge in [-0.3, -0.25) is 0 Å². The molecule has 3 heteroatoms. The molecular formula is C8H19NOS. The summed E-state index contributed by atoms with van der Waals surface area (Å²) in [6, 6.07) is 0. The normalized spacial score (nSPS) is 15.0. The SMILES string of the molecule is CC(CN)CSCC(C)(C)O. The van der Waals surface area contributed by atoms with Crippen LogP contribution in [0.3, 0.4) is 0 Å². The molecule has 0 radical (unpaired) electrons. The highest BCUT2D eigenvalue weighted by atomic mass is 32.2. The van der Waals surface area contributed by atoms with Crippen LogP contribution in [-0.4, -0.2) is 28.8 Å². The zero-order valence-electron chi connectivity index (χ0n) is 7.63. The molecule has 0 aliphatic heterocycles. The van der Waals surface area contributed by atoms with Crippen LogP contribution in [0.25, 0.3) is 0 Å². The van der Waals surface area contributed by atoms with Crippen molar-refractivity contribution < 1.29 is 5.11 Å². The van der Waals surface area contributed by atoms with Crippen LogP contribution in [0.4, 0.5) is 0 Å². The van der Waals surface area contributed by atoms with Crippen molar-refractivity contribution in [3.8, 4) is 0 Å². The number of rotatable bonds is 5. The fourth-order valence-electron chi connectivity index (χ4n) is 0.578. The van der Waals surface area contributed by atoms with Gasteiger partial charge in [-0.05, 0) is 32.1 Å². The van der Waals surface area contributed by atoms with Crippen molar-refractivity contribution in [3.05, 3.63) is 0 Å². The largest absolute Gasteiger partial charge is 0.390 e. The fourth-order valence-corrected chi connectivity index (χ4v) is 1.73. The number of aliphatic hydroxyl groups is 1. The van der Waals surface area contributed by atoms with Gasteiger partial charge in [-0.15, -0.1) is 0 Å². The molecule has 0 rings (SSSR count). The lowest BCUT2D eigenvalue weighted by atomic mass is 10.2. The first-order chi connectivity index (χ1) is 4.95. The summed E-state index contributed by atoms with van der Waals surface area (Å²) >= 11 is 1.76. The van der Waals surface area contributed by atoms with Gasteiger partial charge in [0.25, 0.3) is 0 Å². The van der Waals surface area contributed by atoms with Crippen molar-refractivity contribution in [2.24, 2.45) is 11.7 Å². The molecule has 0 saturated heterocycles. The van der Waals surface area contributed by atoms with E-state index >= 15 is 0 Å². The minimum Gasteiger partial charge on any atom is -0.390 e. The molecule has 2 nitrogen and oxygen atoms in total. The Morgan fingerprint density at radius 1 is 1.55 bits per heavy atom. The molecule has 0 amide bonds. The van der Waals surface area contributed by atoms with Gasteiger partial charge in [0.05, 0.1) is 5.60 Å². The van der Waals surface area contributed by atoms with Crippen LogP contribution in [-0.2, 0) is 0 Å². The van der Waals surface area contributed by atoms with Crippen LogP contribution < -0.4 is 5.73 Å². The maximum atomic E-state index is 9.35. The van der Waals surface area contributed by atoms with Crippen LogP contribution in [0.1, 0.15) is 20.8 Å². The third-order valence-corrected chi connectivity index (χ3v) is 2.98. The molecule has 0 aliphatic rings. The van der Waals surface area contributed by atoms with E-state index in [0.717, 1.165) is 18.1 Å². The van der Waals surface area contributed by atoms with Gasteiger partial charge in [-0.2, -0.15) is 11.8 Å². The van der Waals surface area contributed by atoms with Crippen LogP contribution in [0, 0.1) is 5.92 Å². The van der Waals surface area contributed by atoms with Gasteiger partial charge < -0.3 is 10.8 Å². The van der Waals surface area contributed by atoms with Gasteiger partial charge >= 0.3 is 0 Å². The average Bonchev–Trinajstić information content (AvgIpc) is 1.85. The zero-order chi connectivity index (χ0) is 8.91. The minimum atomic E-state index is -0.543. The van der Waals surface area contributed by atoms with E-state index in [4.69, 9.17) is 5.73 Å². The monoisotopic (exact) mass is 177 g/mol. The van der Waals surface area contributed by atoms with Crippen molar-refractivity contribution in [2.75, 3.05) is 18.1 Å². The number of nitrogens with two attached hydrogens (primary N) is 1. The van der Waals surface area contributed by atoms with Crippen molar-refractivity contribution >= 4 is 11.8 Å². The van der Waals surface area contributed by atoms with E-state index in [1.165, 1.54) is 0 Å². The van der Waals surface area contributed by atoms with E-state index in [-0.39, 0.29) is 0 Å². The highest BCUT2D eigenvalue weighted by Gasteiger charge is 2.12. The molecule has 0 bridgehead atoms. The predicted octanol–water partition coefficient (Wildman–Crippen LogP) is 1.09. The van der Waals surface area contributed by atoms with Crippen molar-refractivity contribution in [3.63, 3.8) is 0 Å². The first-order valence-electron chi connectivity index (χ1n) is 3.96. The summed E-state index contributed by atoms with van der Waals surface area (Å²) in [6.07, 6.45) is 0. The number of hydrogen-bond acceptors (Lipinski definition) is 3. The van der Waals surface area contributed by atoms with E-state index in [9.17, 15) is 5.11 Å². The molecule has 11 heavy (non-hydrogen) atoms. The van der Waals surface area contributed by atoms with Gasteiger partial charge in [0.15, 0.2) is 0 Å². The summed E-state index contributed by atoms with van der Waals surface area (Å²) in [5.41, 5.74) is 4.90. The Kier molecular flexibility index (Phi) is 5.13. The van der Waals surface area contributed by atoms with Crippen molar-refractivity contribution in [2.45, 2.75) is 26.4 Å². The second kappa shape index (κ2) is 5.01. The summed E-state index contributed by atoms with van der Waals surface area (Å²) in [5.74, 6) is 2.39. The van der Waals surface area contributed by atoms with E-state index < -0.39 is 5.60 Å². The van der Waals surface area contributed by atoms with E-state index in [0.29, 0.717) is 5.92 Å². The molecule has 0 saturated carbocycles. The average molecular weight is 177 g/mol. The predicted molar refractivity (Wildman–Crippen MR) is 51.8 cm³/mol. The molecule has 3 N–H and O–H groups in total. The molecule has 68 valence electrons. The molecule has 0 spiro atoms. The molecule has 0 fully saturated rings. The van der Waals surface area contributed by atoms with Gasteiger partial charge in [-0.1, -0.05) is 6.92 Å². The summed E-state index contributed by atoms with van der Waals surface area (Å²) in [6.45, 7) is 6.51. The molecular weight excluding hydrogens is 158 g/mol. The molecule has 1 atom stereocenters. The second-order valence-corrected chi connectivity index (χ2v) is 4.70. The maximum Gasteiger partial charge on any atom is 0.0681 e. The lowest BCUT2D eigenvalue weighted by Gasteiger charge is -2.17. The number of hydrogen-bond donors (Lipinski definition) is 2. The standard InChI is InChI=1S/C8H19NOS/c1-7(4-9)5-11-6-8(2,3)10/h7,10H,4-6,9H2,1-3H3. The quantitative estimate of drug-likeness (QED) is 0.660. The van der Waals surface area contributed by atoms with Crippen LogP contribution >= 0.6 is 11.8 Å². The third-order valence-electron chi connectivity index (χ3n) is 1.26. The fraction of sp³-hybridized carbons (Fsp3) is 1.00. The lowest BCUT2D eigenvalue weighted by molar-refractivity contribution is 0.107. The van der Waals surface area contributed by atoms with Crippen LogP contribution in [0.5, 0.6) is 0 Å². The van der Waals surface area contributed by atoms with E-state index in [2.05, 4.69) is 6.92 Å². The van der Waals surface area contributed by atoms with Gasteiger partial charge in [0, 0.05) is 5.75 Å². The first-order valence-corrected chi connectivity index (χ1v) is 5.11.